The van der Waals surface area contributed by atoms with Crippen molar-refractivity contribution in [1.82, 2.24) is 9.80 Å². The third-order valence-corrected chi connectivity index (χ3v) is 4.16. The fourth-order valence-electron chi connectivity index (χ4n) is 2.81. The fraction of sp³-hybridized carbons (Fsp3) is 0.529. The molecule has 1 unspecified atom stereocenters. The summed E-state index contributed by atoms with van der Waals surface area (Å²) in [6.45, 7) is 2.88. The second-order valence-electron chi connectivity index (χ2n) is 6.04. The molecule has 25 heavy (non-hydrogen) atoms. The van der Waals surface area contributed by atoms with Crippen LogP contribution >= 0.6 is 0 Å². The van der Waals surface area contributed by atoms with Crippen molar-refractivity contribution in [3.63, 3.8) is 0 Å². The van der Waals surface area contributed by atoms with E-state index in [-0.39, 0.29) is 30.2 Å². The Kier molecular flexibility index (Phi) is 6.32. The van der Waals surface area contributed by atoms with Crippen molar-refractivity contribution in [3.8, 4) is 0 Å². The maximum atomic E-state index is 12.5. The number of aromatic nitrogens is 1. The Morgan fingerprint density at radius 2 is 2.04 bits per heavy atom. The Morgan fingerprint density at radius 3 is 2.68 bits per heavy atom. The Morgan fingerprint density at radius 1 is 1.36 bits per heavy atom. The van der Waals surface area contributed by atoms with Gasteiger partial charge in [0.1, 0.15) is 0 Å². The van der Waals surface area contributed by atoms with Gasteiger partial charge in [-0.15, -0.1) is 0 Å². The quantitative estimate of drug-likeness (QED) is 0.430. The SMILES string of the molecule is CCOC(=O)C1CCCN(C(=O)CN(C)C(=O)c2cc[n+]([O-])cc2)C1. The number of carbonyl (C=O) groups excluding carboxylic acids is 3. The van der Waals surface area contributed by atoms with Gasteiger partial charge in [0, 0.05) is 32.3 Å². The summed E-state index contributed by atoms with van der Waals surface area (Å²) >= 11 is 0. The van der Waals surface area contributed by atoms with E-state index in [0.717, 1.165) is 6.42 Å². The largest absolute Gasteiger partial charge is 0.619 e. The van der Waals surface area contributed by atoms with Gasteiger partial charge >= 0.3 is 5.97 Å². The molecule has 2 heterocycles. The van der Waals surface area contributed by atoms with Crippen LogP contribution in [0.3, 0.4) is 0 Å². The van der Waals surface area contributed by atoms with E-state index in [1.165, 1.54) is 36.5 Å². The molecular weight excluding hydrogens is 326 g/mol. The van der Waals surface area contributed by atoms with Crippen LogP contribution in [0.1, 0.15) is 30.1 Å². The van der Waals surface area contributed by atoms with Crippen LogP contribution in [0.2, 0.25) is 0 Å². The number of likely N-dealkylation sites (tertiary alicyclic amines) is 1. The molecular formula is C17H23N3O5. The number of ether oxygens (including phenoxy) is 1. The molecule has 136 valence electrons. The Balaban J connectivity index is 1.92. The highest BCUT2D eigenvalue weighted by molar-refractivity contribution is 5.96. The minimum Gasteiger partial charge on any atom is -0.619 e. The molecule has 1 aromatic rings. The Labute approximate surface area is 146 Å². The molecule has 0 aliphatic carbocycles. The molecule has 2 rings (SSSR count). The highest BCUT2D eigenvalue weighted by Crippen LogP contribution is 2.18. The van der Waals surface area contributed by atoms with Gasteiger partial charge in [-0.2, -0.15) is 4.73 Å². The summed E-state index contributed by atoms with van der Waals surface area (Å²) in [6.07, 6.45) is 3.90. The topological polar surface area (TPSA) is 93.9 Å². The lowest BCUT2D eigenvalue weighted by molar-refractivity contribution is -0.605. The summed E-state index contributed by atoms with van der Waals surface area (Å²) < 4.78 is 5.62. The molecule has 1 fully saturated rings. The summed E-state index contributed by atoms with van der Waals surface area (Å²) in [6, 6.07) is 2.82. The van der Waals surface area contributed by atoms with Crippen molar-refractivity contribution < 1.29 is 23.9 Å². The molecule has 1 saturated heterocycles. The summed E-state index contributed by atoms with van der Waals surface area (Å²) in [5.74, 6) is -1.13. The van der Waals surface area contributed by atoms with Crippen molar-refractivity contribution in [2.45, 2.75) is 19.8 Å². The lowest BCUT2D eigenvalue weighted by Gasteiger charge is -2.32. The van der Waals surface area contributed by atoms with Crippen LogP contribution in [0.25, 0.3) is 0 Å². The lowest BCUT2D eigenvalue weighted by Crippen LogP contribution is -2.47. The number of hydrogen-bond donors (Lipinski definition) is 0. The number of esters is 1. The van der Waals surface area contributed by atoms with Crippen LogP contribution in [0.15, 0.2) is 24.5 Å². The van der Waals surface area contributed by atoms with E-state index in [2.05, 4.69) is 0 Å². The van der Waals surface area contributed by atoms with Gasteiger partial charge in [-0.05, 0) is 19.8 Å². The first-order chi connectivity index (χ1) is 11.9. The third-order valence-electron chi connectivity index (χ3n) is 4.16. The molecule has 1 atom stereocenters. The predicted octanol–water partition coefficient (Wildman–Crippen LogP) is 0.194. The van der Waals surface area contributed by atoms with Crippen molar-refractivity contribution >= 4 is 17.8 Å². The van der Waals surface area contributed by atoms with Crippen molar-refractivity contribution in [2.24, 2.45) is 5.92 Å². The molecule has 8 nitrogen and oxygen atoms in total. The maximum absolute atomic E-state index is 12.5. The molecule has 2 amide bonds. The monoisotopic (exact) mass is 349 g/mol. The first-order valence-electron chi connectivity index (χ1n) is 8.31. The summed E-state index contributed by atoms with van der Waals surface area (Å²) in [7, 11) is 1.53. The molecule has 0 spiro atoms. The summed E-state index contributed by atoms with van der Waals surface area (Å²) in [5.41, 5.74) is 0.338. The minimum atomic E-state index is -0.340. The van der Waals surface area contributed by atoms with E-state index in [1.54, 1.807) is 11.8 Å². The molecule has 1 aromatic heterocycles. The summed E-state index contributed by atoms with van der Waals surface area (Å²) in [4.78, 5) is 39.5. The predicted molar refractivity (Wildman–Crippen MR) is 88.3 cm³/mol. The number of nitrogens with zero attached hydrogens (tertiary/aromatic N) is 3. The van der Waals surface area contributed by atoms with E-state index in [0.29, 0.717) is 36.4 Å². The third kappa shape index (κ3) is 4.91. The number of piperidine rings is 1. The maximum Gasteiger partial charge on any atom is 0.310 e. The zero-order chi connectivity index (χ0) is 18.4. The second kappa shape index (κ2) is 8.46. The van der Waals surface area contributed by atoms with E-state index in [1.807, 2.05) is 0 Å². The molecule has 0 saturated carbocycles. The van der Waals surface area contributed by atoms with Gasteiger partial charge in [0.05, 0.1) is 24.6 Å². The highest BCUT2D eigenvalue weighted by Gasteiger charge is 2.30. The Bertz CT molecular complexity index is 632. The van der Waals surface area contributed by atoms with Crippen LogP contribution in [0.4, 0.5) is 0 Å². The minimum absolute atomic E-state index is 0.0827. The average molecular weight is 349 g/mol. The van der Waals surface area contributed by atoms with Crippen molar-refractivity contribution in [3.05, 3.63) is 35.3 Å². The molecule has 0 bridgehead atoms. The van der Waals surface area contributed by atoms with Gasteiger partial charge in [0.15, 0.2) is 12.4 Å². The van der Waals surface area contributed by atoms with Crippen molar-refractivity contribution in [1.29, 1.82) is 0 Å². The smallest absolute Gasteiger partial charge is 0.310 e. The molecule has 1 aliphatic heterocycles. The molecule has 0 N–H and O–H groups in total. The van der Waals surface area contributed by atoms with Gasteiger partial charge in [-0.1, -0.05) is 0 Å². The first-order valence-corrected chi connectivity index (χ1v) is 8.31. The van der Waals surface area contributed by atoms with Crippen molar-refractivity contribution in [2.75, 3.05) is 33.3 Å². The standard InChI is InChI=1S/C17H23N3O5/c1-3-25-17(23)14-5-4-8-19(11-14)15(21)12-18(2)16(22)13-6-9-20(24)10-7-13/h6-7,9-10,14H,3-5,8,11-12H2,1-2H3. The normalized spacial score (nSPS) is 17.0. The van der Waals surface area contributed by atoms with Gasteiger partial charge in [0.25, 0.3) is 5.91 Å². The molecule has 0 aromatic carbocycles. The molecule has 1 aliphatic rings. The highest BCUT2D eigenvalue weighted by atomic mass is 16.5. The number of carbonyl (C=O) groups is 3. The second-order valence-corrected chi connectivity index (χ2v) is 6.04. The summed E-state index contributed by atoms with van der Waals surface area (Å²) in [5, 5.41) is 11.0. The van der Waals surface area contributed by atoms with E-state index in [4.69, 9.17) is 4.74 Å². The van der Waals surface area contributed by atoms with E-state index in [9.17, 15) is 19.6 Å². The van der Waals surface area contributed by atoms with Crippen LogP contribution in [0.5, 0.6) is 0 Å². The van der Waals surface area contributed by atoms with Gasteiger partial charge in [-0.25, -0.2) is 0 Å². The van der Waals surface area contributed by atoms with Crippen LogP contribution in [-0.4, -0.2) is 60.9 Å². The van der Waals surface area contributed by atoms with Crippen LogP contribution in [-0.2, 0) is 14.3 Å². The zero-order valence-corrected chi connectivity index (χ0v) is 14.5. The zero-order valence-electron chi connectivity index (χ0n) is 14.5. The number of hydrogen-bond acceptors (Lipinski definition) is 5. The fourth-order valence-corrected chi connectivity index (χ4v) is 2.81. The van der Waals surface area contributed by atoms with E-state index < -0.39 is 0 Å². The van der Waals surface area contributed by atoms with Gasteiger partial charge in [0.2, 0.25) is 5.91 Å². The van der Waals surface area contributed by atoms with Crippen LogP contribution < -0.4 is 4.73 Å². The van der Waals surface area contributed by atoms with Crippen LogP contribution in [0, 0.1) is 11.1 Å². The number of amides is 2. The lowest BCUT2D eigenvalue weighted by atomic mass is 9.98. The number of likely N-dealkylation sites (N-methyl/N-ethyl adjacent to an activating group) is 1. The first kappa shape index (κ1) is 18.7. The number of pyridine rings is 1. The van der Waals surface area contributed by atoms with E-state index >= 15 is 0 Å². The Hall–Kier alpha value is -2.64. The molecule has 8 heteroatoms. The average Bonchev–Trinajstić information content (AvgIpc) is 2.62. The van der Waals surface area contributed by atoms with Gasteiger partial charge < -0.3 is 19.7 Å². The number of rotatable bonds is 5. The molecule has 0 radical (unpaired) electrons. The van der Waals surface area contributed by atoms with Gasteiger partial charge in [-0.3, -0.25) is 14.4 Å².